The molecule has 0 fully saturated rings. The molecule has 6 nitrogen and oxygen atoms in total. The van der Waals surface area contributed by atoms with Gasteiger partial charge in [-0.3, -0.25) is 4.79 Å². The number of aromatic nitrogens is 2. The van der Waals surface area contributed by atoms with Crippen molar-refractivity contribution in [1.82, 2.24) is 10.2 Å². The second-order valence-corrected chi connectivity index (χ2v) is 7.41. The first-order valence-corrected chi connectivity index (χ1v) is 9.02. The van der Waals surface area contributed by atoms with Crippen LogP contribution in [0.2, 0.25) is 0 Å². The van der Waals surface area contributed by atoms with Crippen molar-refractivity contribution in [2.75, 3.05) is 17.7 Å². The molecule has 0 saturated carbocycles. The van der Waals surface area contributed by atoms with Crippen LogP contribution in [-0.4, -0.2) is 23.2 Å². The fourth-order valence-corrected chi connectivity index (χ4v) is 2.65. The number of anilines is 3. The largest absolute Gasteiger partial charge is 0.495 e. The molecule has 0 saturated heterocycles. The number of methoxy groups -OCH3 is 1. The van der Waals surface area contributed by atoms with Gasteiger partial charge in [-0.25, -0.2) is 0 Å². The van der Waals surface area contributed by atoms with E-state index in [2.05, 4.69) is 41.6 Å². The zero-order chi connectivity index (χ0) is 20.1. The van der Waals surface area contributed by atoms with E-state index in [1.165, 1.54) is 5.56 Å². The molecule has 144 valence electrons. The number of para-hydroxylation sites is 2. The minimum atomic E-state index is -0.306. The monoisotopic (exact) mass is 376 g/mol. The molecule has 0 atom stereocenters. The molecule has 0 unspecified atom stereocenters. The molecule has 3 rings (SSSR count). The SMILES string of the molecule is COc1ccccc1Nc1ccc(C(=O)Nc2ccc(C(C)(C)C)cc2)nn1. The standard InChI is InChI=1S/C22H24N4O2/c1-22(2,3)15-9-11-16(12-10-15)23-21(27)18-13-14-20(26-25-18)24-17-7-5-6-8-19(17)28-4/h5-14H,1-4H3,(H,23,27)(H,24,26). The molecule has 1 aromatic heterocycles. The molecule has 6 heteroatoms. The number of ether oxygens (including phenoxy) is 1. The van der Waals surface area contributed by atoms with Crippen LogP contribution in [0.4, 0.5) is 17.2 Å². The molecule has 0 spiro atoms. The van der Waals surface area contributed by atoms with Crippen molar-refractivity contribution < 1.29 is 9.53 Å². The average Bonchev–Trinajstić information content (AvgIpc) is 2.68. The van der Waals surface area contributed by atoms with Gasteiger partial charge in [0.25, 0.3) is 5.91 Å². The molecule has 0 radical (unpaired) electrons. The summed E-state index contributed by atoms with van der Waals surface area (Å²) >= 11 is 0. The Bertz CT molecular complexity index is 946. The maximum atomic E-state index is 12.4. The van der Waals surface area contributed by atoms with Gasteiger partial charge in [-0.1, -0.05) is 45.0 Å². The Morgan fingerprint density at radius 3 is 2.25 bits per heavy atom. The van der Waals surface area contributed by atoms with Crippen molar-refractivity contribution in [1.29, 1.82) is 0 Å². The minimum absolute atomic E-state index is 0.0677. The van der Waals surface area contributed by atoms with E-state index in [4.69, 9.17) is 4.74 Å². The van der Waals surface area contributed by atoms with E-state index in [1.54, 1.807) is 19.2 Å². The van der Waals surface area contributed by atoms with Crippen LogP contribution in [0.15, 0.2) is 60.7 Å². The molecule has 3 aromatic rings. The van der Waals surface area contributed by atoms with Gasteiger partial charge in [0.1, 0.15) is 5.75 Å². The zero-order valence-electron chi connectivity index (χ0n) is 16.5. The van der Waals surface area contributed by atoms with Crippen molar-refractivity contribution in [2.24, 2.45) is 0 Å². The Balaban J connectivity index is 1.67. The predicted octanol–water partition coefficient (Wildman–Crippen LogP) is 4.78. The Kier molecular flexibility index (Phi) is 5.59. The molecule has 1 heterocycles. The number of nitrogens with zero attached hydrogens (tertiary/aromatic N) is 2. The summed E-state index contributed by atoms with van der Waals surface area (Å²) in [5, 5.41) is 14.1. The minimum Gasteiger partial charge on any atom is -0.495 e. The lowest BCUT2D eigenvalue weighted by Gasteiger charge is -2.19. The van der Waals surface area contributed by atoms with Gasteiger partial charge < -0.3 is 15.4 Å². The number of nitrogens with one attached hydrogen (secondary N) is 2. The summed E-state index contributed by atoms with van der Waals surface area (Å²) in [7, 11) is 1.60. The van der Waals surface area contributed by atoms with Crippen LogP contribution < -0.4 is 15.4 Å². The average molecular weight is 376 g/mol. The third-order valence-electron chi connectivity index (χ3n) is 4.28. The summed E-state index contributed by atoms with van der Waals surface area (Å²) in [6.45, 7) is 6.45. The van der Waals surface area contributed by atoms with E-state index < -0.39 is 0 Å². The number of hydrogen-bond donors (Lipinski definition) is 2. The molecule has 0 aliphatic rings. The van der Waals surface area contributed by atoms with E-state index in [-0.39, 0.29) is 17.0 Å². The van der Waals surface area contributed by atoms with E-state index in [1.807, 2.05) is 48.5 Å². The van der Waals surface area contributed by atoms with Gasteiger partial charge in [-0.05, 0) is 47.4 Å². The summed E-state index contributed by atoms with van der Waals surface area (Å²) in [5.41, 5.74) is 3.01. The van der Waals surface area contributed by atoms with Gasteiger partial charge in [-0.15, -0.1) is 10.2 Å². The van der Waals surface area contributed by atoms with E-state index in [0.29, 0.717) is 11.6 Å². The first-order chi connectivity index (χ1) is 13.4. The highest BCUT2D eigenvalue weighted by Crippen LogP contribution is 2.26. The van der Waals surface area contributed by atoms with Gasteiger partial charge >= 0.3 is 0 Å². The third kappa shape index (κ3) is 4.65. The molecule has 0 aliphatic carbocycles. The van der Waals surface area contributed by atoms with Crippen molar-refractivity contribution >= 4 is 23.1 Å². The Labute approximate surface area is 165 Å². The molecular formula is C22H24N4O2. The van der Waals surface area contributed by atoms with Crippen molar-refractivity contribution in [3.05, 3.63) is 71.9 Å². The Morgan fingerprint density at radius 1 is 0.929 bits per heavy atom. The van der Waals surface area contributed by atoms with E-state index in [9.17, 15) is 4.79 Å². The lowest BCUT2D eigenvalue weighted by molar-refractivity contribution is 0.102. The summed E-state index contributed by atoms with van der Waals surface area (Å²) in [6.07, 6.45) is 0. The van der Waals surface area contributed by atoms with Crippen LogP contribution >= 0.6 is 0 Å². The molecular weight excluding hydrogens is 352 g/mol. The van der Waals surface area contributed by atoms with Crippen molar-refractivity contribution in [2.45, 2.75) is 26.2 Å². The molecule has 2 N–H and O–H groups in total. The van der Waals surface area contributed by atoms with Crippen molar-refractivity contribution in [3.63, 3.8) is 0 Å². The summed E-state index contributed by atoms with van der Waals surface area (Å²) in [6, 6.07) is 18.7. The first-order valence-electron chi connectivity index (χ1n) is 9.02. The fraction of sp³-hybridized carbons (Fsp3) is 0.227. The molecule has 1 amide bonds. The Morgan fingerprint density at radius 2 is 1.64 bits per heavy atom. The highest BCUT2D eigenvalue weighted by atomic mass is 16.5. The number of amides is 1. The number of hydrogen-bond acceptors (Lipinski definition) is 5. The topological polar surface area (TPSA) is 76.1 Å². The maximum Gasteiger partial charge on any atom is 0.276 e. The summed E-state index contributed by atoms with van der Waals surface area (Å²) < 4.78 is 5.30. The van der Waals surface area contributed by atoms with Crippen LogP contribution in [0.5, 0.6) is 5.75 Å². The van der Waals surface area contributed by atoms with Gasteiger partial charge in [0.05, 0.1) is 12.8 Å². The number of carbonyl (C=O) groups excluding carboxylic acids is 1. The van der Waals surface area contributed by atoms with Crippen molar-refractivity contribution in [3.8, 4) is 5.75 Å². The fourth-order valence-electron chi connectivity index (χ4n) is 2.65. The third-order valence-corrected chi connectivity index (χ3v) is 4.28. The zero-order valence-corrected chi connectivity index (χ0v) is 16.5. The highest BCUT2D eigenvalue weighted by molar-refractivity contribution is 6.02. The van der Waals surface area contributed by atoms with Crippen LogP contribution in [0.1, 0.15) is 36.8 Å². The second-order valence-electron chi connectivity index (χ2n) is 7.41. The van der Waals surface area contributed by atoms with E-state index in [0.717, 1.165) is 11.4 Å². The van der Waals surface area contributed by atoms with Gasteiger partial charge in [0.15, 0.2) is 11.5 Å². The predicted molar refractivity (Wildman–Crippen MR) is 111 cm³/mol. The normalized spacial score (nSPS) is 11.0. The number of benzene rings is 2. The van der Waals surface area contributed by atoms with Crippen LogP contribution in [0, 0.1) is 0 Å². The molecule has 0 aliphatic heterocycles. The quantitative estimate of drug-likeness (QED) is 0.670. The van der Waals surface area contributed by atoms with Crippen LogP contribution in [-0.2, 0) is 5.41 Å². The van der Waals surface area contributed by atoms with E-state index >= 15 is 0 Å². The van der Waals surface area contributed by atoms with Crippen LogP contribution in [0.3, 0.4) is 0 Å². The molecule has 2 aromatic carbocycles. The van der Waals surface area contributed by atoms with Gasteiger partial charge in [-0.2, -0.15) is 0 Å². The highest BCUT2D eigenvalue weighted by Gasteiger charge is 2.14. The van der Waals surface area contributed by atoms with Crippen LogP contribution in [0.25, 0.3) is 0 Å². The molecule has 28 heavy (non-hydrogen) atoms. The Hall–Kier alpha value is -3.41. The summed E-state index contributed by atoms with van der Waals surface area (Å²) in [5.74, 6) is 0.917. The number of carbonyl (C=O) groups is 1. The first kappa shape index (κ1) is 19.4. The van der Waals surface area contributed by atoms with Gasteiger partial charge in [0, 0.05) is 5.69 Å². The smallest absolute Gasteiger partial charge is 0.276 e. The second kappa shape index (κ2) is 8.08. The number of rotatable bonds is 5. The summed E-state index contributed by atoms with van der Waals surface area (Å²) in [4.78, 5) is 12.4. The maximum absolute atomic E-state index is 12.4. The lowest BCUT2D eigenvalue weighted by Crippen LogP contribution is -2.15. The lowest BCUT2D eigenvalue weighted by atomic mass is 9.87. The van der Waals surface area contributed by atoms with Gasteiger partial charge in [0.2, 0.25) is 0 Å². The molecule has 0 bridgehead atoms.